The van der Waals surface area contributed by atoms with Crippen LogP contribution < -0.4 is 11.2 Å². The summed E-state index contributed by atoms with van der Waals surface area (Å²) >= 11 is 0. The van der Waals surface area contributed by atoms with E-state index in [0.29, 0.717) is 11.5 Å². The molecule has 1 heterocycles. The molecule has 0 unspecified atom stereocenters. The Morgan fingerprint density at radius 1 is 1.44 bits per heavy atom. The van der Waals surface area contributed by atoms with E-state index in [1.165, 1.54) is 0 Å². The molecule has 1 aromatic carbocycles. The number of nitrogens with zero attached hydrogens (tertiary/aromatic N) is 1. The summed E-state index contributed by atoms with van der Waals surface area (Å²) in [6.07, 6.45) is 0. The third kappa shape index (κ3) is 2.03. The van der Waals surface area contributed by atoms with Gasteiger partial charge < -0.3 is 10.2 Å². The van der Waals surface area contributed by atoms with E-state index in [2.05, 4.69) is 10.5 Å². The molecule has 0 radical (unpaired) electrons. The van der Waals surface area contributed by atoms with Gasteiger partial charge in [-0.1, -0.05) is 18.2 Å². The molecule has 0 spiro atoms. The number of rotatable bonds is 2. The van der Waals surface area contributed by atoms with Crippen molar-refractivity contribution in [3.8, 4) is 0 Å². The summed E-state index contributed by atoms with van der Waals surface area (Å²) in [6.45, 7) is 1.73. The number of hydrogen-bond donors (Lipinski definition) is 2. The van der Waals surface area contributed by atoms with E-state index in [4.69, 9.17) is 10.2 Å². The van der Waals surface area contributed by atoms with E-state index in [9.17, 15) is 4.79 Å². The number of benzene rings is 1. The average molecular weight is 217 g/mol. The molecule has 5 heteroatoms. The average Bonchev–Trinajstić information content (AvgIpc) is 2.69. The number of hydrogen-bond acceptors (Lipinski definition) is 3. The normalized spacial score (nSPS) is 11.7. The summed E-state index contributed by atoms with van der Waals surface area (Å²) < 4.78 is 5.54. The number of primary amides is 1. The second-order valence-electron chi connectivity index (χ2n) is 3.32. The van der Waals surface area contributed by atoms with E-state index < -0.39 is 6.03 Å². The van der Waals surface area contributed by atoms with Gasteiger partial charge in [0.25, 0.3) is 0 Å². The lowest BCUT2D eigenvalue weighted by molar-refractivity contribution is 0.249. The van der Waals surface area contributed by atoms with Crippen LogP contribution in [-0.2, 0) is 0 Å². The van der Waals surface area contributed by atoms with Gasteiger partial charge in [0, 0.05) is 5.39 Å². The van der Waals surface area contributed by atoms with E-state index in [0.717, 1.165) is 11.0 Å². The Morgan fingerprint density at radius 2 is 2.19 bits per heavy atom. The molecule has 2 rings (SSSR count). The number of hydrazone groups is 1. The number of amides is 2. The first-order valence-corrected chi connectivity index (χ1v) is 4.75. The third-order valence-corrected chi connectivity index (χ3v) is 2.12. The highest BCUT2D eigenvalue weighted by atomic mass is 16.3. The van der Waals surface area contributed by atoms with Gasteiger partial charge in [-0.3, -0.25) is 0 Å². The van der Waals surface area contributed by atoms with Gasteiger partial charge in [-0.15, -0.1) is 0 Å². The first kappa shape index (κ1) is 10.2. The van der Waals surface area contributed by atoms with Gasteiger partial charge in [-0.25, -0.2) is 10.2 Å². The highest BCUT2D eigenvalue weighted by Gasteiger charge is 2.05. The highest BCUT2D eigenvalue weighted by Crippen LogP contribution is 2.19. The predicted octanol–water partition coefficient (Wildman–Crippen LogP) is 1.83. The molecular weight excluding hydrogens is 206 g/mol. The molecule has 16 heavy (non-hydrogen) atoms. The number of nitrogens with one attached hydrogen (secondary N) is 1. The lowest BCUT2D eigenvalue weighted by Crippen LogP contribution is -2.25. The fourth-order valence-electron chi connectivity index (χ4n) is 1.35. The van der Waals surface area contributed by atoms with Crippen LogP contribution in [0.4, 0.5) is 4.79 Å². The maximum Gasteiger partial charge on any atom is 0.332 e. The maximum atomic E-state index is 10.5. The Kier molecular flexibility index (Phi) is 2.59. The highest BCUT2D eigenvalue weighted by molar-refractivity contribution is 6.00. The lowest BCUT2D eigenvalue weighted by atomic mass is 10.2. The van der Waals surface area contributed by atoms with Crippen LogP contribution >= 0.6 is 0 Å². The number of carbonyl (C=O) groups excluding carboxylic acids is 1. The van der Waals surface area contributed by atoms with Crippen LogP contribution in [0.2, 0.25) is 0 Å². The van der Waals surface area contributed by atoms with Crippen LogP contribution in [0.25, 0.3) is 11.0 Å². The zero-order valence-electron chi connectivity index (χ0n) is 8.73. The molecule has 3 N–H and O–H groups in total. The Balaban J connectivity index is 2.33. The summed E-state index contributed by atoms with van der Waals surface area (Å²) in [5, 5.41) is 4.78. The molecule has 0 bridgehead atoms. The Labute approximate surface area is 91.9 Å². The van der Waals surface area contributed by atoms with Crippen LogP contribution in [-0.4, -0.2) is 11.7 Å². The van der Waals surface area contributed by atoms with Crippen LogP contribution in [0.1, 0.15) is 12.7 Å². The van der Waals surface area contributed by atoms with Crippen molar-refractivity contribution in [2.24, 2.45) is 10.8 Å². The molecule has 1 aromatic heterocycles. The molecule has 2 amide bonds. The van der Waals surface area contributed by atoms with Crippen LogP contribution in [0, 0.1) is 0 Å². The van der Waals surface area contributed by atoms with E-state index in [1.54, 1.807) is 6.92 Å². The molecule has 2 aromatic rings. The number of nitrogens with two attached hydrogens (primary N) is 1. The van der Waals surface area contributed by atoms with Crippen molar-refractivity contribution in [1.29, 1.82) is 0 Å². The quantitative estimate of drug-likeness (QED) is 0.594. The Hall–Kier alpha value is -2.30. The first-order chi connectivity index (χ1) is 7.66. The SMILES string of the molecule is CC(=NNC(N)=O)c1cc2ccccc2o1. The van der Waals surface area contributed by atoms with Gasteiger partial charge in [0.05, 0.1) is 0 Å². The third-order valence-electron chi connectivity index (χ3n) is 2.12. The van der Waals surface area contributed by atoms with E-state index >= 15 is 0 Å². The van der Waals surface area contributed by atoms with Crippen molar-refractivity contribution in [2.45, 2.75) is 6.92 Å². The second-order valence-corrected chi connectivity index (χ2v) is 3.32. The minimum atomic E-state index is -0.699. The first-order valence-electron chi connectivity index (χ1n) is 4.75. The summed E-state index contributed by atoms with van der Waals surface area (Å²) in [5.74, 6) is 0.606. The van der Waals surface area contributed by atoms with Crippen molar-refractivity contribution in [2.75, 3.05) is 0 Å². The molecule has 5 nitrogen and oxygen atoms in total. The van der Waals surface area contributed by atoms with Crippen LogP contribution in [0.15, 0.2) is 39.9 Å². The Bertz CT molecular complexity index is 524. The smallest absolute Gasteiger partial charge is 0.332 e. The minimum absolute atomic E-state index is 0.565. The second kappa shape index (κ2) is 4.06. The number of urea groups is 1. The van der Waals surface area contributed by atoms with Gasteiger partial charge in [0.15, 0.2) is 5.76 Å². The zero-order chi connectivity index (χ0) is 11.5. The summed E-state index contributed by atoms with van der Waals surface area (Å²) in [7, 11) is 0. The number of para-hydroxylation sites is 1. The fourth-order valence-corrected chi connectivity index (χ4v) is 1.35. The van der Waals surface area contributed by atoms with Crippen molar-refractivity contribution >= 4 is 22.7 Å². The van der Waals surface area contributed by atoms with Crippen LogP contribution in [0.3, 0.4) is 0 Å². The molecule has 0 atom stereocenters. The fraction of sp³-hybridized carbons (Fsp3) is 0.0909. The van der Waals surface area contributed by atoms with Crippen molar-refractivity contribution in [3.63, 3.8) is 0 Å². The summed E-state index contributed by atoms with van der Waals surface area (Å²) in [6, 6.07) is 8.79. The summed E-state index contributed by atoms with van der Waals surface area (Å²) in [4.78, 5) is 10.5. The molecule has 0 aliphatic heterocycles. The number of furan rings is 1. The van der Waals surface area contributed by atoms with E-state index in [-0.39, 0.29) is 0 Å². The molecule has 82 valence electrons. The standard InChI is InChI=1S/C11H11N3O2/c1-7(13-14-11(12)15)10-6-8-4-2-3-5-9(8)16-10/h2-6H,1H3,(H3,12,14,15). The van der Waals surface area contributed by atoms with Crippen molar-refractivity contribution < 1.29 is 9.21 Å². The topological polar surface area (TPSA) is 80.6 Å². The van der Waals surface area contributed by atoms with Gasteiger partial charge >= 0.3 is 6.03 Å². The van der Waals surface area contributed by atoms with Gasteiger partial charge in [0.2, 0.25) is 0 Å². The van der Waals surface area contributed by atoms with Gasteiger partial charge in [0.1, 0.15) is 11.3 Å². The predicted molar refractivity (Wildman–Crippen MR) is 61.1 cm³/mol. The molecular formula is C11H11N3O2. The number of carbonyl (C=O) groups is 1. The monoisotopic (exact) mass is 217 g/mol. The molecule has 0 saturated heterocycles. The zero-order valence-corrected chi connectivity index (χ0v) is 8.73. The molecule has 0 fully saturated rings. The maximum absolute atomic E-state index is 10.5. The Morgan fingerprint density at radius 3 is 2.88 bits per heavy atom. The molecule has 0 aliphatic carbocycles. The van der Waals surface area contributed by atoms with Gasteiger partial charge in [-0.05, 0) is 19.1 Å². The number of fused-ring (bicyclic) bond motifs is 1. The summed E-state index contributed by atoms with van der Waals surface area (Å²) in [5.41, 5.74) is 8.41. The largest absolute Gasteiger partial charge is 0.455 e. The molecule has 0 saturated carbocycles. The lowest BCUT2D eigenvalue weighted by Gasteiger charge is -1.95. The van der Waals surface area contributed by atoms with E-state index in [1.807, 2.05) is 30.3 Å². The molecule has 0 aliphatic rings. The van der Waals surface area contributed by atoms with Crippen molar-refractivity contribution in [3.05, 3.63) is 36.1 Å². The van der Waals surface area contributed by atoms with Crippen molar-refractivity contribution in [1.82, 2.24) is 5.43 Å². The minimum Gasteiger partial charge on any atom is -0.455 e. The van der Waals surface area contributed by atoms with Crippen LogP contribution in [0.5, 0.6) is 0 Å². The van der Waals surface area contributed by atoms with Gasteiger partial charge in [-0.2, -0.15) is 5.10 Å².